The zero-order valence-corrected chi connectivity index (χ0v) is 18.6. The summed E-state index contributed by atoms with van der Waals surface area (Å²) in [6.45, 7) is 19.6. The number of hydrogen-bond acceptors (Lipinski definition) is 2. The largest absolute Gasteiger partial charge is 0.491 e. The van der Waals surface area contributed by atoms with Gasteiger partial charge in [0.05, 0.1) is 12.3 Å². The van der Waals surface area contributed by atoms with Crippen molar-refractivity contribution in [1.82, 2.24) is 0 Å². The average Bonchev–Trinajstić information content (AvgIpc) is 2.45. The van der Waals surface area contributed by atoms with Crippen LogP contribution in [0.4, 0.5) is 5.69 Å². The maximum Gasteiger partial charge on any atom is 0.142 e. The SMILES string of the molecule is C[C@H](CC[C@H](COc1ccccc1N)[C@@H](C)CC(C)(C)C)CC(C)(C)C. The van der Waals surface area contributed by atoms with E-state index in [4.69, 9.17) is 10.5 Å². The fraction of sp³-hybridized carbons (Fsp3) is 0.750. The zero-order chi connectivity index (χ0) is 20.0. The number of para-hydroxylation sites is 2. The lowest BCUT2D eigenvalue weighted by molar-refractivity contribution is 0.148. The molecule has 2 N–H and O–H groups in total. The molecule has 0 aliphatic rings. The maximum absolute atomic E-state index is 6.14. The molecule has 0 spiro atoms. The van der Waals surface area contributed by atoms with E-state index in [1.807, 2.05) is 24.3 Å². The first-order valence-corrected chi connectivity index (χ1v) is 10.3. The number of rotatable bonds is 9. The minimum Gasteiger partial charge on any atom is -0.491 e. The van der Waals surface area contributed by atoms with Gasteiger partial charge in [-0.1, -0.05) is 73.9 Å². The van der Waals surface area contributed by atoms with E-state index in [0.29, 0.717) is 22.7 Å². The number of nitrogen functional groups attached to an aromatic ring is 1. The normalized spacial score (nSPS) is 16.2. The summed E-state index contributed by atoms with van der Waals surface area (Å²) in [7, 11) is 0. The van der Waals surface area contributed by atoms with E-state index < -0.39 is 0 Å². The predicted octanol–water partition coefficient (Wildman–Crippen LogP) is 7.19. The molecule has 0 amide bonds. The molecule has 2 heteroatoms. The number of nitrogens with two attached hydrogens (primary N) is 1. The van der Waals surface area contributed by atoms with E-state index in [1.165, 1.54) is 25.7 Å². The van der Waals surface area contributed by atoms with Crippen LogP contribution in [0.1, 0.15) is 81.1 Å². The van der Waals surface area contributed by atoms with E-state index in [0.717, 1.165) is 24.0 Å². The van der Waals surface area contributed by atoms with Crippen LogP contribution in [0, 0.1) is 28.6 Å². The fourth-order valence-corrected chi connectivity index (χ4v) is 4.12. The molecule has 1 rings (SSSR count). The molecule has 0 aromatic heterocycles. The smallest absolute Gasteiger partial charge is 0.142 e. The summed E-state index contributed by atoms with van der Waals surface area (Å²) >= 11 is 0. The Balaban J connectivity index is 2.70. The molecule has 0 saturated carbocycles. The van der Waals surface area contributed by atoms with Crippen LogP contribution < -0.4 is 10.5 Å². The lowest BCUT2D eigenvalue weighted by atomic mass is 9.76. The molecule has 0 aliphatic heterocycles. The van der Waals surface area contributed by atoms with E-state index in [9.17, 15) is 0 Å². The van der Waals surface area contributed by atoms with Gasteiger partial charge in [-0.05, 0) is 60.0 Å². The van der Waals surface area contributed by atoms with Gasteiger partial charge < -0.3 is 10.5 Å². The van der Waals surface area contributed by atoms with Crippen LogP contribution in [0.5, 0.6) is 5.75 Å². The monoisotopic (exact) mass is 361 g/mol. The van der Waals surface area contributed by atoms with Gasteiger partial charge in [0.15, 0.2) is 0 Å². The van der Waals surface area contributed by atoms with Crippen molar-refractivity contribution in [2.24, 2.45) is 28.6 Å². The molecule has 3 atom stereocenters. The van der Waals surface area contributed by atoms with Gasteiger partial charge in [0.2, 0.25) is 0 Å². The van der Waals surface area contributed by atoms with Crippen molar-refractivity contribution in [2.75, 3.05) is 12.3 Å². The number of ether oxygens (including phenoxy) is 1. The molecule has 2 nitrogen and oxygen atoms in total. The van der Waals surface area contributed by atoms with Gasteiger partial charge >= 0.3 is 0 Å². The van der Waals surface area contributed by atoms with Crippen LogP contribution in [0.15, 0.2) is 24.3 Å². The minimum atomic E-state index is 0.348. The number of hydrogen-bond donors (Lipinski definition) is 1. The van der Waals surface area contributed by atoms with Crippen molar-refractivity contribution in [3.8, 4) is 5.75 Å². The second kappa shape index (κ2) is 9.67. The van der Waals surface area contributed by atoms with Crippen molar-refractivity contribution in [3.05, 3.63) is 24.3 Å². The predicted molar refractivity (Wildman–Crippen MR) is 116 cm³/mol. The van der Waals surface area contributed by atoms with Gasteiger partial charge in [-0.15, -0.1) is 0 Å². The summed E-state index contributed by atoms with van der Waals surface area (Å²) in [5, 5.41) is 0. The first-order valence-electron chi connectivity index (χ1n) is 10.3. The lowest BCUT2D eigenvalue weighted by Crippen LogP contribution is -2.25. The summed E-state index contributed by atoms with van der Waals surface area (Å²) in [6.07, 6.45) is 4.99. The van der Waals surface area contributed by atoms with E-state index in [1.54, 1.807) is 0 Å². The highest BCUT2D eigenvalue weighted by Gasteiger charge is 2.25. The maximum atomic E-state index is 6.14. The highest BCUT2D eigenvalue weighted by Crippen LogP contribution is 2.34. The number of anilines is 1. The first kappa shape index (κ1) is 22.9. The standard InChI is InChI=1S/C24H43NO/c1-18(15-23(3,4)5)13-14-20(19(2)16-24(6,7)8)17-26-22-12-10-9-11-21(22)25/h9-12,18-20H,13-17,25H2,1-8H3/t18-,19+,20-/m1/s1. The van der Waals surface area contributed by atoms with Crippen LogP contribution in [-0.2, 0) is 0 Å². The van der Waals surface area contributed by atoms with Crippen LogP contribution in [-0.4, -0.2) is 6.61 Å². The summed E-state index contributed by atoms with van der Waals surface area (Å²) in [5.41, 5.74) is 7.53. The third kappa shape index (κ3) is 9.50. The van der Waals surface area contributed by atoms with Crippen LogP contribution in [0.3, 0.4) is 0 Å². The molecule has 0 unspecified atom stereocenters. The highest BCUT2D eigenvalue weighted by molar-refractivity contribution is 5.51. The highest BCUT2D eigenvalue weighted by atomic mass is 16.5. The first-order chi connectivity index (χ1) is 11.9. The van der Waals surface area contributed by atoms with Crippen molar-refractivity contribution in [3.63, 3.8) is 0 Å². The molecule has 1 aromatic rings. The number of benzene rings is 1. The summed E-state index contributed by atoms with van der Waals surface area (Å²) in [4.78, 5) is 0. The molecule has 0 aliphatic carbocycles. The van der Waals surface area contributed by atoms with Gasteiger partial charge in [0.1, 0.15) is 5.75 Å². The van der Waals surface area contributed by atoms with Gasteiger partial charge in [0, 0.05) is 0 Å². The fourth-order valence-electron chi connectivity index (χ4n) is 4.12. The Labute approximate surface area is 162 Å². The van der Waals surface area contributed by atoms with Crippen LogP contribution in [0.2, 0.25) is 0 Å². The Hall–Kier alpha value is -1.18. The molecule has 0 bridgehead atoms. The topological polar surface area (TPSA) is 35.2 Å². The molecule has 1 aromatic carbocycles. The molecule has 0 fully saturated rings. The van der Waals surface area contributed by atoms with E-state index >= 15 is 0 Å². The quantitative estimate of drug-likeness (QED) is 0.472. The Bertz CT molecular complexity index is 524. The van der Waals surface area contributed by atoms with Crippen molar-refractivity contribution < 1.29 is 4.74 Å². The summed E-state index contributed by atoms with van der Waals surface area (Å²) < 4.78 is 6.14. The third-order valence-electron chi connectivity index (χ3n) is 5.10. The van der Waals surface area contributed by atoms with E-state index in [-0.39, 0.29) is 0 Å². The van der Waals surface area contributed by atoms with Gasteiger partial charge in [-0.25, -0.2) is 0 Å². The average molecular weight is 362 g/mol. The second-order valence-corrected chi connectivity index (χ2v) is 10.8. The molecule has 0 radical (unpaired) electrons. The molecular weight excluding hydrogens is 318 g/mol. The van der Waals surface area contributed by atoms with Crippen molar-refractivity contribution >= 4 is 5.69 Å². The van der Waals surface area contributed by atoms with Gasteiger partial charge in [0.25, 0.3) is 0 Å². The Kier molecular flexibility index (Phi) is 8.50. The summed E-state index contributed by atoms with van der Waals surface area (Å²) in [5.74, 6) is 2.78. The molecule has 150 valence electrons. The molecule has 26 heavy (non-hydrogen) atoms. The molecular formula is C24H43NO. The lowest BCUT2D eigenvalue weighted by Gasteiger charge is -2.31. The van der Waals surface area contributed by atoms with Crippen molar-refractivity contribution in [2.45, 2.75) is 81.1 Å². The Morgan fingerprint density at radius 1 is 0.885 bits per heavy atom. The Morgan fingerprint density at radius 2 is 1.46 bits per heavy atom. The van der Waals surface area contributed by atoms with Crippen LogP contribution in [0.25, 0.3) is 0 Å². The van der Waals surface area contributed by atoms with E-state index in [2.05, 4.69) is 55.4 Å². The Morgan fingerprint density at radius 3 is 2.00 bits per heavy atom. The molecule has 0 heterocycles. The zero-order valence-electron chi connectivity index (χ0n) is 18.6. The van der Waals surface area contributed by atoms with Crippen molar-refractivity contribution in [1.29, 1.82) is 0 Å². The summed E-state index contributed by atoms with van der Waals surface area (Å²) in [6, 6.07) is 7.83. The van der Waals surface area contributed by atoms with Gasteiger partial charge in [-0.2, -0.15) is 0 Å². The molecule has 0 saturated heterocycles. The minimum absolute atomic E-state index is 0.348. The third-order valence-corrected chi connectivity index (χ3v) is 5.10. The van der Waals surface area contributed by atoms with Gasteiger partial charge in [-0.3, -0.25) is 0 Å². The van der Waals surface area contributed by atoms with Crippen LogP contribution >= 0.6 is 0 Å². The second-order valence-electron chi connectivity index (χ2n) is 10.8.